The summed E-state index contributed by atoms with van der Waals surface area (Å²) in [6.45, 7) is 6.34. The number of methoxy groups -OCH3 is 3. The second-order valence-corrected chi connectivity index (χ2v) is 11.0. The highest BCUT2D eigenvalue weighted by Gasteiger charge is 2.36. The summed E-state index contributed by atoms with van der Waals surface area (Å²) in [6.07, 6.45) is 0.794. The minimum Gasteiger partial charge on any atom is -0.497 e. The molecule has 8 heteroatoms. The first-order valence-corrected chi connectivity index (χ1v) is 13.1. The van der Waals surface area contributed by atoms with Crippen LogP contribution >= 0.6 is 11.3 Å². The van der Waals surface area contributed by atoms with Crippen LogP contribution in [0, 0.1) is 0 Å². The molecule has 4 rings (SSSR count). The van der Waals surface area contributed by atoms with Gasteiger partial charge in [-0.25, -0.2) is 0 Å². The van der Waals surface area contributed by atoms with E-state index >= 15 is 0 Å². The monoisotopic (exact) mass is 522 g/mol. The number of hydrogen-bond acceptors (Lipinski definition) is 6. The number of thiophene rings is 1. The van der Waals surface area contributed by atoms with Gasteiger partial charge in [-0.05, 0) is 74.0 Å². The zero-order valence-corrected chi connectivity index (χ0v) is 23.1. The minimum absolute atomic E-state index is 0.0476. The summed E-state index contributed by atoms with van der Waals surface area (Å²) in [5.41, 5.74) is 1.96. The van der Waals surface area contributed by atoms with E-state index in [1.54, 1.807) is 55.8 Å². The summed E-state index contributed by atoms with van der Waals surface area (Å²) >= 11 is 1.72. The minimum atomic E-state index is -0.595. The number of hydrogen-bond donors (Lipinski definition) is 0. The molecule has 2 aromatic carbocycles. The number of ether oxygens (including phenoxy) is 3. The van der Waals surface area contributed by atoms with E-state index in [0.29, 0.717) is 23.6 Å². The lowest BCUT2D eigenvalue weighted by atomic mass is 9.93. The second kappa shape index (κ2) is 10.8. The van der Waals surface area contributed by atoms with Gasteiger partial charge in [0.2, 0.25) is 5.91 Å². The van der Waals surface area contributed by atoms with E-state index in [9.17, 15) is 9.59 Å². The van der Waals surface area contributed by atoms with Crippen LogP contribution in [0.15, 0.2) is 53.9 Å². The lowest BCUT2D eigenvalue weighted by molar-refractivity contribution is -0.135. The molecule has 7 nitrogen and oxygen atoms in total. The molecule has 2 amide bonds. The fourth-order valence-corrected chi connectivity index (χ4v) is 5.56. The first-order valence-electron chi connectivity index (χ1n) is 12.2. The van der Waals surface area contributed by atoms with Gasteiger partial charge in [0.1, 0.15) is 23.8 Å². The number of nitrogens with zero attached hydrogens (tertiary/aromatic N) is 2. The Bertz CT molecular complexity index is 1240. The maximum absolute atomic E-state index is 13.9. The lowest BCUT2D eigenvalue weighted by Gasteiger charge is -2.40. The number of benzene rings is 2. The van der Waals surface area contributed by atoms with Gasteiger partial charge in [0.25, 0.3) is 5.91 Å². The van der Waals surface area contributed by atoms with Crippen molar-refractivity contribution in [1.82, 2.24) is 9.80 Å². The predicted octanol–water partition coefficient (Wildman–Crippen LogP) is 5.19. The number of fused-ring (bicyclic) bond motifs is 1. The molecule has 3 aromatic rings. The van der Waals surface area contributed by atoms with Crippen LogP contribution in [0.25, 0.3) is 0 Å². The average molecular weight is 523 g/mol. The molecule has 196 valence electrons. The number of rotatable bonds is 7. The Morgan fingerprint density at radius 3 is 2.14 bits per heavy atom. The van der Waals surface area contributed by atoms with Gasteiger partial charge in [-0.15, -0.1) is 11.3 Å². The quantitative estimate of drug-likeness (QED) is 0.427. The molecule has 0 spiro atoms. The highest BCUT2D eigenvalue weighted by atomic mass is 32.1. The molecule has 1 atom stereocenters. The molecule has 37 heavy (non-hydrogen) atoms. The molecule has 1 aliphatic rings. The van der Waals surface area contributed by atoms with Gasteiger partial charge < -0.3 is 24.0 Å². The van der Waals surface area contributed by atoms with E-state index in [0.717, 1.165) is 23.3 Å². The van der Waals surface area contributed by atoms with Crippen molar-refractivity contribution < 1.29 is 23.8 Å². The maximum atomic E-state index is 13.9. The smallest absolute Gasteiger partial charge is 0.255 e. The standard InChI is InChI=1S/C29H34N2O5S/c1-29(2,3)31(28(33)20-15-22(35-5)17-23(16-20)36-6)18-26(32)30-13-11-25-24(12-14-37-25)27(30)19-7-9-21(34-4)10-8-19/h7-10,12,14-17,27H,11,13,18H2,1-6H3. The zero-order valence-electron chi connectivity index (χ0n) is 22.2. The van der Waals surface area contributed by atoms with Crippen molar-refractivity contribution in [3.63, 3.8) is 0 Å². The van der Waals surface area contributed by atoms with Crippen LogP contribution in [0.3, 0.4) is 0 Å². The van der Waals surface area contributed by atoms with Crippen molar-refractivity contribution in [2.45, 2.75) is 38.8 Å². The van der Waals surface area contributed by atoms with Gasteiger partial charge in [0.05, 0.1) is 27.4 Å². The first kappa shape index (κ1) is 26.5. The van der Waals surface area contributed by atoms with Crippen molar-refractivity contribution in [3.05, 3.63) is 75.5 Å². The van der Waals surface area contributed by atoms with Crippen LogP contribution in [-0.2, 0) is 11.2 Å². The molecule has 1 aromatic heterocycles. The Hall–Kier alpha value is -3.52. The number of carbonyl (C=O) groups excluding carboxylic acids is 2. The Morgan fingerprint density at radius 1 is 0.946 bits per heavy atom. The maximum Gasteiger partial charge on any atom is 0.255 e. The van der Waals surface area contributed by atoms with Crippen molar-refractivity contribution in [2.24, 2.45) is 0 Å². The Labute approximate surface area is 222 Å². The molecule has 1 aliphatic heterocycles. The molecule has 0 radical (unpaired) electrons. The van der Waals surface area contributed by atoms with Crippen LogP contribution < -0.4 is 14.2 Å². The Morgan fingerprint density at radius 2 is 1.57 bits per heavy atom. The van der Waals surface area contributed by atoms with Gasteiger partial charge in [-0.2, -0.15) is 0 Å². The molecule has 0 bridgehead atoms. The summed E-state index contributed by atoms with van der Waals surface area (Å²) < 4.78 is 16.1. The Balaban J connectivity index is 1.66. The summed E-state index contributed by atoms with van der Waals surface area (Å²) in [5.74, 6) is 1.44. The molecule has 2 heterocycles. The van der Waals surface area contributed by atoms with Crippen LogP contribution in [-0.4, -0.2) is 61.6 Å². The van der Waals surface area contributed by atoms with Gasteiger partial charge in [0.15, 0.2) is 0 Å². The van der Waals surface area contributed by atoms with Crippen LogP contribution in [0.4, 0.5) is 0 Å². The van der Waals surface area contributed by atoms with E-state index in [1.807, 2.05) is 49.9 Å². The van der Waals surface area contributed by atoms with E-state index in [1.165, 1.54) is 4.88 Å². The average Bonchev–Trinajstić information content (AvgIpc) is 3.38. The van der Waals surface area contributed by atoms with E-state index in [2.05, 4.69) is 11.4 Å². The third-order valence-electron chi connectivity index (χ3n) is 6.66. The molecule has 0 aliphatic carbocycles. The molecule has 0 saturated heterocycles. The molecular weight excluding hydrogens is 488 g/mol. The molecule has 0 fully saturated rings. The van der Waals surface area contributed by atoms with Crippen molar-refractivity contribution in [3.8, 4) is 17.2 Å². The highest BCUT2D eigenvalue weighted by molar-refractivity contribution is 7.10. The molecule has 0 saturated carbocycles. The van der Waals surface area contributed by atoms with E-state index in [-0.39, 0.29) is 24.4 Å². The molecule has 0 N–H and O–H groups in total. The van der Waals surface area contributed by atoms with E-state index in [4.69, 9.17) is 14.2 Å². The number of carbonyl (C=O) groups is 2. The SMILES string of the molecule is COc1ccc(C2c3ccsc3CCN2C(=O)CN(C(=O)c2cc(OC)cc(OC)c2)C(C)(C)C)cc1. The van der Waals surface area contributed by atoms with Crippen LogP contribution in [0.2, 0.25) is 0 Å². The molecular formula is C29H34N2O5S. The van der Waals surface area contributed by atoms with Crippen molar-refractivity contribution in [2.75, 3.05) is 34.4 Å². The zero-order chi connectivity index (χ0) is 26.7. The lowest BCUT2D eigenvalue weighted by Crippen LogP contribution is -2.52. The van der Waals surface area contributed by atoms with Crippen LogP contribution in [0.5, 0.6) is 17.2 Å². The van der Waals surface area contributed by atoms with E-state index < -0.39 is 5.54 Å². The van der Waals surface area contributed by atoms with Crippen molar-refractivity contribution in [1.29, 1.82) is 0 Å². The second-order valence-electron chi connectivity index (χ2n) is 9.98. The van der Waals surface area contributed by atoms with Crippen LogP contribution in [0.1, 0.15) is 53.2 Å². The fraction of sp³-hybridized carbons (Fsp3) is 0.379. The number of amides is 2. The third-order valence-corrected chi connectivity index (χ3v) is 7.66. The fourth-order valence-electron chi connectivity index (χ4n) is 4.66. The topological polar surface area (TPSA) is 68.3 Å². The predicted molar refractivity (Wildman–Crippen MR) is 145 cm³/mol. The van der Waals surface area contributed by atoms with Gasteiger partial charge >= 0.3 is 0 Å². The summed E-state index contributed by atoms with van der Waals surface area (Å²) in [5, 5.41) is 2.08. The van der Waals surface area contributed by atoms with Gasteiger partial charge in [0, 0.05) is 28.6 Å². The summed E-state index contributed by atoms with van der Waals surface area (Å²) in [6, 6.07) is 14.8. The first-order chi connectivity index (χ1) is 17.7. The normalized spacial score (nSPS) is 15.1. The third kappa shape index (κ3) is 5.59. The largest absolute Gasteiger partial charge is 0.497 e. The highest BCUT2D eigenvalue weighted by Crippen LogP contribution is 2.38. The van der Waals surface area contributed by atoms with Crippen molar-refractivity contribution >= 4 is 23.2 Å². The van der Waals surface area contributed by atoms with Gasteiger partial charge in [-0.1, -0.05) is 12.1 Å². The summed E-state index contributed by atoms with van der Waals surface area (Å²) in [7, 11) is 4.73. The Kier molecular flexibility index (Phi) is 7.78. The molecule has 1 unspecified atom stereocenters. The van der Waals surface area contributed by atoms with Gasteiger partial charge in [-0.3, -0.25) is 9.59 Å². The summed E-state index contributed by atoms with van der Waals surface area (Å²) in [4.78, 5) is 32.5.